The van der Waals surface area contributed by atoms with Gasteiger partial charge in [0.2, 0.25) is 0 Å². The van der Waals surface area contributed by atoms with Gasteiger partial charge in [-0.25, -0.2) is 24.0 Å². The van der Waals surface area contributed by atoms with E-state index in [4.69, 9.17) is 5.84 Å². The molecule has 3 aromatic rings. The van der Waals surface area contributed by atoms with Crippen molar-refractivity contribution in [3.8, 4) is 0 Å². The van der Waals surface area contributed by atoms with Gasteiger partial charge in [-0.3, -0.25) is 9.38 Å². The molecule has 0 bridgehead atoms. The summed E-state index contributed by atoms with van der Waals surface area (Å²) in [5.41, 5.74) is 4.46. The second-order valence-corrected chi connectivity index (χ2v) is 6.78. The van der Waals surface area contributed by atoms with E-state index in [0.29, 0.717) is 5.65 Å². The lowest BCUT2D eigenvalue weighted by molar-refractivity contribution is 0.577. The molecule has 0 amide bonds. The van der Waals surface area contributed by atoms with Crippen LogP contribution in [0.3, 0.4) is 0 Å². The molecule has 0 aliphatic carbocycles. The van der Waals surface area contributed by atoms with Crippen molar-refractivity contribution in [3.63, 3.8) is 0 Å². The zero-order valence-electron chi connectivity index (χ0n) is 10.7. The van der Waals surface area contributed by atoms with Crippen LogP contribution in [0.25, 0.3) is 5.65 Å². The van der Waals surface area contributed by atoms with E-state index in [-0.39, 0.29) is 17.4 Å². The Balaban J connectivity index is 2.01. The maximum absolute atomic E-state index is 12.5. The van der Waals surface area contributed by atoms with Gasteiger partial charge < -0.3 is 5.43 Å². The summed E-state index contributed by atoms with van der Waals surface area (Å²) in [6.45, 7) is 0.164. The van der Waals surface area contributed by atoms with Crippen molar-refractivity contribution in [3.05, 3.63) is 41.0 Å². The van der Waals surface area contributed by atoms with Crippen molar-refractivity contribution in [2.24, 2.45) is 5.84 Å². The average molecular weight is 324 g/mol. The number of fused-ring (bicyclic) bond motifs is 1. The summed E-state index contributed by atoms with van der Waals surface area (Å²) in [5, 5.41) is -0.0230. The minimum absolute atomic E-state index is 0.0230. The third-order valence-corrected chi connectivity index (χ3v) is 5.00. The molecular weight excluding hydrogens is 312 g/mol. The van der Waals surface area contributed by atoms with Gasteiger partial charge in [-0.05, 0) is 12.1 Å². The number of sulfonamides is 1. The van der Waals surface area contributed by atoms with Crippen LogP contribution in [-0.4, -0.2) is 22.8 Å². The van der Waals surface area contributed by atoms with E-state index in [2.05, 4.69) is 20.1 Å². The number of hydrazine groups is 1. The lowest BCUT2D eigenvalue weighted by atomic mass is 10.5. The largest absolute Gasteiger partial charge is 0.306 e. The molecule has 3 rings (SSSR count). The van der Waals surface area contributed by atoms with Crippen LogP contribution in [0.15, 0.2) is 41.1 Å². The van der Waals surface area contributed by atoms with Gasteiger partial charge in [0, 0.05) is 23.8 Å². The molecule has 0 aromatic carbocycles. The van der Waals surface area contributed by atoms with Crippen LogP contribution >= 0.6 is 11.3 Å². The Morgan fingerprint density at radius 1 is 1.38 bits per heavy atom. The second kappa shape index (κ2) is 5.41. The van der Waals surface area contributed by atoms with Gasteiger partial charge in [0.1, 0.15) is 5.65 Å². The average Bonchev–Trinajstić information content (AvgIpc) is 3.12. The molecule has 0 aliphatic rings. The van der Waals surface area contributed by atoms with Crippen LogP contribution in [0.2, 0.25) is 0 Å². The van der Waals surface area contributed by atoms with Crippen LogP contribution in [0, 0.1) is 0 Å². The first-order chi connectivity index (χ1) is 10.1. The number of aromatic nitrogens is 3. The number of rotatable bonds is 5. The van der Waals surface area contributed by atoms with E-state index in [1.165, 1.54) is 15.7 Å². The summed E-state index contributed by atoms with van der Waals surface area (Å²) in [5.74, 6) is 5.47. The molecule has 0 saturated carbocycles. The van der Waals surface area contributed by atoms with E-state index in [1.807, 2.05) is 0 Å². The summed E-state index contributed by atoms with van der Waals surface area (Å²) < 4.78 is 29.0. The Bertz CT molecular complexity index is 856. The molecule has 0 atom stereocenters. The zero-order valence-corrected chi connectivity index (χ0v) is 12.4. The number of hydrogen-bond acceptors (Lipinski definition) is 7. The van der Waals surface area contributed by atoms with Gasteiger partial charge in [-0.2, -0.15) is 0 Å². The fraction of sp³-hybridized carbons (Fsp3) is 0.0909. The predicted octanol–water partition coefficient (Wildman–Crippen LogP) is 0.555. The summed E-state index contributed by atoms with van der Waals surface area (Å²) in [4.78, 5) is 8.86. The fourth-order valence-electron chi connectivity index (χ4n) is 1.89. The highest BCUT2D eigenvalue weighted by Gasteiger charge is 2.24. The third-order valence-electron chi connectivity index (χ3n) is 2.80. The monoisotopic (exact) mass is 324 g/mol. The van der Waals surface area contributed by atoms with Crippen molar-refractivity contribution in [1.29, 1.82) is 0 Å². The lowest BCUT2D eigenvalue weighted by Gasteiger charge is -2.07. The molecule has 8 nitrogen and oxygen atoms in total. The fourth-order valence-corrected chi connectivity index (χ4v) is 3.77. The molecule has 21 heavy (non-hydrogen) atoms. The van der Waals surface area contributed by atoms with Crippen molar-refractivity contribution in [2.75, 3.05) is 5.43 Å². The van der Waals surface area contributed by atoms with Crippen LogP contribution in [0.1, 0.15) is 4.88 Å². The number of pyridine rings is 1. The van der Waals surface area contributed by atoms with Crippen molar-refractivity contribution in [1.82, 2.24) is 19.1 Å². The number of nitrogens with zero attached hydrogens (tertiary/aromatic N) is 3. The molecule has 0 saturated heterocycles. The van der Waals surface area contributed by atoms with Crippen molar-refractivity contribution in [2.45, 2.75) is 11.6 Å². The Labute approximate surface area is 124 Å². The van der Waals surface area contributed by atoms with Crippen LogP contribution in [-0.2, 0) is 16.6 Å². The standard InChI is InChI=1S/C11H12N6O2S2/c12-16-10-11(17-4-2-1-3-9(17)15-10)21(18,19)14-6-8-5-13-7-20-8/h1-5,7,14,16H,6,12H2. The van der Waals surface area contributed by atoms with Gasteiger partial charge in [0.05, 0.1) is 5.51 Å². The number of imidazole rings is 1. The molecule has 0 spiro atoms. The molecular formula is C11H12N6O2S2. The molecule has 110 valence electrons. The smallest absolute Gasteiger partial charge is 0.260 e. The molecule has 10 heteroatoms. The van der Waals surface area contributed by atoms with Crippen LogP contribution in [0.4, 0.5) is 5.82 Å². The SMILES string of the molecule is NNc1nc2ccccn2c1S(=O)(=O)NCc1cncs1. The maximum atomic E-state index is 12.5. The van der Waals surface area contributed by atoms with E-state index < -0.39 is 10.0 Å². The molecule has 3 heterocycles. The van der Waals surface area contributed by atoms with Gasteiger partial charge in [0.25, 0.3) is 10.0 Å². The Hall–Kier alpha value is -2.01. The predicted molar refractivity (Wildman–Crippen MR) is 79.1 cm³/mol. The van der Waals surface area contributed by atoms with E-state index in [1.54, 1.807) is 36.1 Å². The highest BCUT2D eigenvalue weighted by Crippen LogP contribution is 2.22. The Morgan fingerprint density at radius 2 is 2.24 bits per heavy atom. The summed E-state index contributed by atoms with van der Waals surface area (Å²) >= 11 is 1.37. The zero-order chi connectivity index (χ0) is 14.9. The van der Waals surface area contributed by atoms with E-state index >= 15 is 0 Å². The number of thiazole rings is 1. The van der Waals surface area contributed by atoms with Crippen LogP contribution in [0.5, 0.6) is 0 Å². The third kappa shape index (κ3) is 2.61. The minimum atomic E-state index is -3.78. The molecule has 0 unspecified atom stereocenters. The number of nitrogen functional groups attached to an aromatic ring is 1. The van der Waals surface area contributed by atoms with Gasteiger partial charge >= 0.3 is 0 Å². The molecule has 0 radical (unpaired) electrons. The Kier molecular flexibility index (Phi) is 3.59. The highest BCUT2D eigenvalue weighted by atomic mass is 32.2. The first-order valence-corrected chi connectivity index (χ1v) is 8.29. The van der Waals surface area contributed by atoms with Gasteiger partial charge in [-0.1, -0.05) is 6.07 Å². The lowest BCUT2D eigenvalue weighted by Crippen LogP contribution is -2.25. The van der Waals surface area contributed by atoms with E-state index in [0.717, 1.165) is 4.88 Å². The quantitative estimate of drug-likeness (QED) is 0.466. The summed E-state index contributed by atoms with van der Waals surface area (Å²) in [6.07, 6.45) is 3.23. The second-order valence-electron chi connectivity index (χ2n) is 4.13. The maximum Gasteiger partial charge on any atom is 0.260 e. The molecule has 4 N–H and O–H groups in total. The minimum Gasteiger partial charge on any atom is -0.306 e. The van der Waals surface area contributed by atoms with Crippen LogP contribution < -0.4 is 16.0 Å². The first-order valence-electron chi connectivity index (χ1n) is 5.92. The molecule has 3 aromatic heterocycles. The first kappa shape index (κ1) is 13.9. The number of nitrogens with one attached hydrogen (secondary N) is 2. The number of nitrogens with two attached hydrogens (primary N) is 1. The Morgan fingerprint density at radius 3 is 2.95 bits per heavy atom. The molecule has 0 aliphatic heterocycles. The normalized spacial score (nSPS) is 11.9. The summed E-state index contributed by atoms with van der Waals surface area (Å²) in [6, 6.07) is 5.18. The number of anilines is 1. The summed E-state index contributed by atoms with van der Waals surface area (Å²) in [7, 11) is -3.78. The van der Waals surface area contributed by atoms with Crippen molar-refractivity contribution < 1.29 is 8.42 Å². The van der Waals surface area contributed by atoms with Gasteiger partial charge in [-0.15, -0.1) is 11.3 Å². The topological polar surface area (TPSA) is 114 Å². The molecule has 0 fully saturated rings. The van der Waals surface area contributed by atoms with Crippen molar-refractivity contribution >= 4 is 32.8 Å². The number of hydrogen-bond donors (Lipinski definition) is 3. The highest BCUT2D eigenvalue weighted by molar-refractivity contribution is 7.89. The van der Waals surface area contributed by atoms with E-state index in [9.17, 15) is 8.42 Å². The van der Waals surface area contributed by atoms with Gasteiger partial charge in [0.15, 0.2) is 10.8 Å².